The molecular weight excluding hydrogens is 332 g/mol. The molecule has 5 heteroatoms. The molecule has 4 nitrogen and oxygen atoms in total. The Hall–Kier alpha value is -1.85. The maximum atomic E-state index is 12.4. The van der Waals surface area contributed by atoms with Crippen molar-refractivity contribution in [1.29, 1.82) is 0 Å². The van der Waals surface area contributed by atoms with Crippen LogP contribution in [0.2, 0.25) is 0 Å². The second-order valence-electron chi connectivity index (χ2n) is 6.50. The maximum absolute atomic E-state index is 12.4. The van der Waals surface area contributed by atoms with Gasteiger partial charge in [0.1, 0.15) is 5.75 Å². The molecule has 1 aromatic heterocycles. The van der Waals surface area contributed by atoms with Crippen molar-refractivity contribution < 1.29 is 9.53 Å². The molecule has 25 heavy (non-hydrogen) atoms. The van der Waals surface area contributed by atoms with Crippen LogP contribution in [-0.2, 0) is 0 Å². The van der Waals surface area contributed by atoms with Gasteiger partial charge in [-0.1, -0.05) is 12.1 Å². The minimum Gasteiger partial charge on any atom is -0.495 e. The average Bonchev–Trinajstić information content (AvgIpc) is 2.98. The van der Waals surface area contributed by atoms with E-state index in [2.05, 4.69) is 22.8 Å². The molecule has 0 spiro atoms. The molecule has 0 amide bonds. The number of ether oxygens (including phenoxy) is 1. The second kappa shape index (κ2) is 8.02. The molecule has 1 aliphatic heterocycles. The number of methoxy groups -OCH3 is 1. The predicted octanol–water partition coefficient (Wildman–Crippen LogP) is 3.77. The number of hydrogen-bond donors (Lipinski definition) is 0. The van der Waals surface area contributed by atoms with E-state index in [9.17, 15) is 4.79 Å². The molecule has 0 atom stereocenters. The smallest absolute Gasteiger partial charge is 0.165 e. The highest BCUT2D eigenvalue weighted by Crippen LogP contribution is 2.28. The first kappa shape index (κ1) is 18.0. The lowest BCUT2D eigenvalue weighted by Gasteiger charge is -2.36. The monoisotopic (exact) mass is 358 g/mol. The molecule has 1 aromatic carbocycles. The molecule has 0 saturated carbocycles. The van der Waals surface area contributed by atoms with Crippen LogP contribution in [0.4, 0.5) is 5.69 Å². The molecule has 0 radical (unpaired) electrons. The van der Waals surface area contributed by atoms with Gasteiger partial charge in [-0.2, -0.15) is 0 Å². The highest BCUT2D eigenvalue weighted by molar-refractivity contribution is 7.12. The van der Waals surface area contributed by atoms with Crippen molar-refractivity contribution in [2.24, 2.45) is 0 Å². The van der Waals surface area contributed by atoms with Crippen molar-refractivity contribution in [2.75, 3.05) is 44.7 Å². The lowest BCUT2D eigenvalue weighted by molar-refractivity contribution is 0.0962. The predicted molar refractivity (Wildman–Crippen MR) is 104 cm³/mol. The molecule has 1 saturated heterocycles. The Bertz CT molecular complexity index is 733. The van der Waals surface area contributed by atoms with E-state index in [0.29, 0.717) is 6.42 Å². The summed E-state index contributed by atoms with van der Waals surface area (Å²) < 4.78 is 5.47. The molecule has 2 aromatic rings. The number of ketones is 1. The SMILES string of the molecule is COc1ccccc1N1CCN(CCC(=O)c2cc(C)sc2C)CC1. The van der Waals surface area contributed by atoms with Gasteiger partial charge in [-0.15, -0.1) is 11.3 Å². The summed E-state index contributed by atoms with van der Waals surface area (Å²) >= 11 is 1.71. The van der Waals surface area contributed by atoms with Crippen molar-refractivity contribution in [3.63, 3.8) is 0 Å². The van der Waals surface area contributed by atoms with Gasteiger partial charge in [0, 0.05) is 54.5 Å². The summed E-state index contributed by atoms with van der Waals surface area (Å²) in [5.74, 6) is 1.20. The van der Waals surface area contributed by atoms with Crippen LogP contribution in [0.25, 0.3) is 0 Å². The summed E-state index contributed by atoms with van der Waals surface area (Å²) in [6.45, 7) is 8.83. The van der Waals surface area contributed by atoms with E-state index in [0.717, 1.165) is 54.6 Å². The number of anilines is 1. The summed E-state index contributed by atoms with van der Waals surface area (Å²) in [7, 11) is 1.72. The third-order valence-corrected chi connectivity index (χ3v) is 5.76. The summed E-state index contributed by atoms with van der Waals surface area (Å²) in [4.78, 5) is 19.6. The van der Waals surface area contributed by atoms with E-state index in [-0.39, 0.29) is 5.78 Å². The van der Waals surface area contributed by atoms with Crippen LogP contribution in [0.1, 0.15) is 26.5 Å². The Morgan fingerprint density at radius 3 is 2.52 bits per heavy atom. The first-order valence-electron chi connectivity index (χ1n) is 8.79. The molecule has 0 unspecified atom stereocenters. The van der Waals surface area contributed by atoms with Gasteiger partial charge in [-0.05, 0) is 32.0 Å². The number of hydrogen-bond acceptors (Lipinski definition) is 5. The fraction of sp³-hybridized carbons (Fsp3) is 0.450. The Morgan fingerprint density at radius 1 is 1.16 bits per heavy atom. The fourth-order valence-electron chi connectivity index (χ4n) is 3.41. The highest BCUT2D eigenvalue weighted by Gasteiger charge is 2.20. The molecule has 134 valence electrons. The molecule has 1 fully saturated rings. The van der Waals surface area contributed by atoms with Crippen molar-refractivity contribution >= 4 is 22.8 Å². The van der Waals surface area contributed by atoms with Crippen molar-refractivity contribution in [3.05, 3.63) is 45.6 Å². The van der Waals surface area contributed by atoms with E-state index < -0.39 is 0 Å². The number of benzene rings is 1. The average molecular weight is 359 g/mol. The van der Waals surface area contributed by atoms with Crippen LogP contribution in [0.3, 0.4) is 0 Å². The van der Waals surface area contributed by atoms with E-state index in [1.165, 1.54) is 4.88 Å². The number of aryl methyl sites for hydroxylation is 2. The van der Waals surface area contributed by atoms with Crippen LogP contribution >= 0.6 is 11.3 Å². The van der Waals surface area contributed by atoms with Crippen LogP contribution in [0, 0.1) is 13.8 Å². The molecule has 0 N–H and O–H groups in total. The molecular formula is C20H26N2O2S. The van der Waals surface area contributed by atoms with Crippen LogP contribution in [0.15, 0.2) is 30.3 Å². The van der Waals surface area contributed by atoms with Crippen molar-refractivity contribution in [3.8, 4) is 5.75 Å². The minimum atomic E-state index is 0.272. The molecule has 2 heterocycles. The Kier molecular flexibility index (Phi) is 5.76. The lowest BCUT2D eigenvalue weighted by atomic mass is 10.1. The topological polar surface area (TPSA) is 32.8 Å². The fourth-order valence-corrected chi connectivity index (χ4v) is 4.35. The van der Waals surface area contributed by atoms with E-state index in [1.54, 1.807) is 18.4 Å². The molecule has 0 bridgehead atoms. The van der Waals surface area contributed by atoms with Gasteiger partial charge in [0.15, 0.2) is 5.78 Å². The van der Waals surface area contributed by atoms with Crippen LogP contribution in [-0.4, -0.2) is 50.5 Å². The van der Waals surface area contributed by atoms with Gasteiger partial charge >= 0.3 is 0 Å². The van der Waals surface area contributed by atoms with Gasteiger partial charge < -0.3 is 9.64 Å². The zero-order chi connectivity index (χ0) is 17.8. The normalized spacial score (nSPS) is 15.4. The molecule has 3 rings (SSSR count). The number of Topliss-reactive ketones (excluding diaryl/α,β-unsaturated/α-hetero) is 1. The molecule has 0 aliphatic carbocycles. The third-order valence-electron chi connectivity index (χ3n) is 4.79. The number of rotatable bonds is 6. The van der Waals surface area contributed by atoms with Gasteiger partial charge in [0.05, 0.1) is 12.8 Å². The third kappa shape index (κ3) is 4.22. The number of para-hydroxylation sites is 2. The lowest BCUT2D eigenvalue weighted by Crippen LogP contribution is -2.47. The summed E-state index contributed by atoms with van der Waals surface area (Å²) in [6.07, 6.45) is 0.603. The number of carbonyl (C=O) groups is 1. The number of thiophene rings is 1. The van der Waals surface area contributed by atoms with Crippen LogP contribution in [0.5, 0.6) is 5.75 Å². The second-order valence-corrected chi connectivity index (χ2v) is 7.96. The summed E-state index contributed by atoms with van der Waals surface area (Å²) in [6, 6.07) is 10.2. The first-order valence-corrected chi connectivity index (χ1v) is 9.60. The maximum Gasteiger partial charge on any atom is 0.165 e. The zero-order valence-corrected chi connectivity index (χ0v) is 16.1. The zero-order valence-electron chi connectivity index (χ0n) is 15.2. The largest absolute Gasteiger partial charge is 0.495 e. The van der Waals surface area contributed by atoms with Crippen molar-refractivity contribution in [2.45, 2.75) is 20.3 Å². The van der Waals surface area contributed by atoms with E-state index in [1.807, 2.05) is 31.2 Å². The van der Waals surface area contributed by atoms with Crippen molar-refractivity contribution in [1.82, 2.24) is 4.90 Å². The quantitative estimate of drug-likeness (QED) is 0.736. The first-order chi connectivity index (χ1) is 12.1. The Balaban J connectivity index is 1.51. The van der Waals surface area contributed by atoms with Gasteiger partial charge in [0.25, 0.3) is 0 Å². The molecule has 1 aliphatic rings. The number of nitrogens with zero attached hydrogens (tertiary/aromatic N) is 2. The van der Waals surface area contributed by atoms with Crippen LogP contribution < -0.4 is 9.64 Å². The van der Waals surface area contributed by atoms with E-state index >= 15 is 0 Å². The standard InChI is InChI=1S/C20H26N2O2S/c1-15-14-17(16(2)25-15)19(23)8-9-21-10-12-22(13-11-21)18-6-4-5-7-20(18)24-3/h4-7,14H,8-13H2,1-3H3. The minimum absolute atomic E-state index is 0.272. The summed E-state index contributed by atoms with van der Waals surface area (Å²) in [5.41, 5.74) is 2.07. The summed E-state index contributed by atoms with van der Waals surface area (Å²) in [5, 5.41) is 0. The number of piperazine rings is 1. The highest BCUT2D eigenvalue weighted by atomic mass is 32.1. The Morgan fingerprint density at radius 2 is 1.88 bits per heavy atom. The van der Waals surface area contributed by atoms with Gasteiger partial charge in [0.2, 0.25) is 0 Å². The van der Waals surface area contributed by atoms with Gasteiger partial charge in [-0.25, -0.2) is 0 Å². The number of carbonyl (C=O) groups excluding carboxylic acids is 1. The van der Waals surface area contributed by atoms with E-state index in [4.69, 9.17) is 4.74 Å². The Labute approximate surface area is 154 Å². The van der Waals surface area contributed by atoms with Gasteiger partial charge in [-0.3, -0.25) is 9.69 Å².